The van der Waals surface area contributed by atoms with Gasteiger partial charge in [0.15, 0.2) is 6.73 Å². The summed E-state index contributed by atoms with van der Waals surface area (Å²) in [7, 11) is 0. The van der Waals surface area contributed by atoms with E-state index < -0.39 is 6.03 Å². The number of amides is 2. The number of hydrogen-bond donors (Lipinski definition) is 2. The molecule has 0 aliphatic heterocycles. The van der Waals surface area contributed by atoms with E-state index in [1.54, 1.807) is 24.3 Å². The highest BCUT2D eigenvalue weighted by Gasteiger charge is 2.05. The van der Waals surface area contributed by atoms with Crippen LogP contribution in [0.25, 0.3) is 0 Å². The smallest absolute Gasteiger partial charge is 0.321 e. The van der Waals surface area contributed by atoms with Crippen molar-refractivity contribution in [3.05, 3.63) is 58.1 Å². The number of ether oxygens (including phenoxy) is 1. The average Bonchev–Trinajstić information content (AvgIpc) is 2.53. The maximum absolute atomic E-state index is 11.8. The van der Waals surface area contributed by atoms with E-state index in [4.69, 9.17) is 21.6 Å². The maximum atomic E-state index is 11.8. The normalized spacial score (nSPS) is 9.83. The Labute approximate surface area is 139 Å². The zero-order valence-electron chi connectivity index (χ0n) is 12.8. The Kier molecular flexibility index (Phi) is 5.45. The number of hydrogen-bond acceptors (Lipinski definition) is 3. The predicted molar refractivity (Wildman–Crippen MR) is 89.7 cm³/mol. The lowest BCUT2D eigenvalue weighted by molar-refractivity contribution is 0.234. The zero-order valence-corrected chi connectivity index (χ0v) is 13.6. The highest BCUT2D eigenvalue weighted by Crippen LogP contribution is 2.25. The summed E-state index contributed by atoms with van der Waals surface area (Å²) in [5, 5.41) is 14.7. The molecule has 118 valence electrons. The molecule has 23 heavy (non-hydrogen) atoms. The molecule has 0 radical (unpaired) electrons. The molecule has 2 aromatic rings. The van der Waals surface area contributed by atoms with E-state index in [9.17, 15) is 4.79 Å². The highest BCUT2D eigenvalue weighted by molar-refractivity contribution is 6.32. The third-order valence-corrected chi connectivity index (χ3v) is 3.75. The first-order valence-corrected chi connectivity index (χ1v) is 7.32. The molecule has 0 atom stereocenters. The van der Waals surface area contributed by atoms with E-state index in [1.165, 1.54) is 0 Å². The van der Waals surface area contributed by atoms with Gasteiger partial charge in [-0.2, -0.15) is 5.26 Å². The van der Waals surface area contributed by atoms with Crippen molar-refractivity contribution >= 4 is 23.3 Å². The lowest BCUT2D eigenvalue weighted by Gasteiger charge is -2.11. The monoisotopic (exact) mass is 329 g/mol. The number of nitrogens with one attached hydrogen (secondary N) is 2. The Morgan fingerprint density at radius 2 is 1.83 bits per heavy atom. The van der Waals surface area contributed by atoms with Crippen LogP contribution in [-0.4, -0.2) is 12.8 Å². The van der Waals surface area contributed by atoms with Gasteiger partial charge in [-0.25, -0.2) is 4.79 Å². The van der Waals surface area contributed by atoms with Crippen molar-refractivity contribution in [3.8, 4) is 11.8 Å². The van der Waals surface area contributed by atoms with E-state index in [0.717, 1.165) is 11.1 Å². The number of nitrogens with zero attached hydrogens (tertiary/aromatic N) is 1. The van der Waals surface area contributed by atoms with E-state index >= 15 is 0 Å². The Morgan fingerprint density at radius 3 is 2.39 bits per heavy atom. The topological polar surface area (TPSA) is 74.2 Å². The number of anilines is 1. The molecule has 2 aromatic carbocycles. The van der Waals surface area contributed by atoms with Gasteiger partial charge in [-0.05, 0) is 61.4 Å². The number of rotatable bonds is 4. The Morgan fingerprint density at radius 1 is 1.22 bits per heavy atom. The van der Waals surface area contributed by atoms with Gasteiger partial charge in [-0.15, -0.1) is 0 Å². The molecule has 0 bridgehead atoms. The Bertz CT molecular complexity index is 728. The van der Waals surface area contributed by atoms with Crippen LogP contribution in [-0.2, 0) is 0 Å². The molecule has 0 saturated heterocycles. The fourth-order valence-electron chi connectivity index (χ4n) is 1.98. The summed E-state index contributed by atoms with van der Waals surface area (Å²) in [6.07, 6.45) is 0. The quantitative estimate of drug-likeness (QED) is 0.833. The number of halogens is 1. The Hall–Kier alpha value is -2.71. The molecule has 6 heteroatoms. The first kappa shape index (κ1) is 16.7. The fraction of sp³-hybridized carbons (Fsp3) is 0.176. The summed E-state index contributed by atoms with van der Waals surface area (Å²) >= 11 is 6.09. The van der Waals surface area contributed by atoms with Crippen molar-refractivity contribution in [3.63, 3.8) is 0 Å². The summed E-state index contributed by atoms with van der Waals surface area (Å²) in [6.45, 7) is 3.82. The molecule has 5 nitrogen and oxygen atoms in total. The molecule has 2 rings (SSSR count). The standard InChI is InChI=1S/C17H16ClN3O2/c1-11-7-15(8-12(2)16(11)18)23-10-20-17(22)21-14-5-3-13(9-19)4-6-14/h3-8H,10H2,1-2H3,(H2,20,21,22). The van der Waals surface area contributed by atoms with Gasteiger partial charge >= 0.3 is 6.03 Å². The van der Waals surface area contributed by atoms with Crippen molar-refractivity contribution in [1.82, 2.24) is 5.32 Å². The van der Waals surface area contributed by atoms with Crippen molar-refractivity contribution in [1.29, 1.82) is 5.26 Å². The second-order valence-electron chi connectivity index (χ2n) is 4.98. The van der Waals surface area contributed by atoms with Gasteiger partial charge in [-0.3, -0.25) is 0 Å². The molecule has 0 aliphatic carbocycles. The third-order valence-electron chi connectivity index (χ3n) is 3.15. The average molecular weight is 330 g/mol. The summed E-state index contributed by atoms with van der Waals surface area (Å²) in [5.41, 5.74) is 2.97. The number of carbonyl (C=O) groups excluding carboxylic acids is 1. The van der Waals surface area contributed by atoms with Gasteiger partial charge in [0, 0.05) is 10.7 Å². The lowest BCUT2D eigenvalue weighted by Crippen LogP contribution is -2.32. The molecule has 0 aromatic heterocycles. The molecule has 0 spiro atoms. The summed E-state index contributed by atoms with van der Waals surface area (Å²) in [4.78, 5) is 11.8. The van der Waals surface area contributed by atoms with Gasteiger partial charge in [-0.1, -0.05) is 11.6 Å². The van der Waals surface area contributed by atoms with Gasteiger partial charge in [0.1, 0.15) is 5.75 Å². The molecule has 0 fully saturated rings. The van der Waals surface area contributed by atoms with Gasteiger partial charge in [0.2, 0.25) is 0 Å². The zero-order chi connectivity index (χ0) is 16.8. The Balaban J connectivity index is 1.84. The molecular formula is C17H16ClN3O2. The molecule has 0 saturated carbocycles. The van der Waals surface area contributed by atoms with Crippen LogP contribution in [0.1, 0.15) is 16.7 Å². The SMILES string of the molecule is Cc1cc(OCNC(=O)Nc2ccc(C#N)cc2)cc(C)c1Cl. The molecule has 0 unspecified atom stereocenters. The van der Waals surface area contributed by atoms with Crippen LogP contribution in [0.4, 0.5) is 10.5 Å². The van der Waals surface area contributed by atoms with Gasteiger partial charge in [0.05, 0.1) is 11.6 Å². The van der Waals surface area contributed by atoms with Gasteiger partial charge in [0.25, 0.3) is 0 Å². The number of nitriles is 1. The largest absolute Gasteiger partial charge is 0.473 e. The first-order chi connectivity index (χ1) is 11.0. The van der Waals surface area contributed by atoms with Crippen LogP contribution >= 0.6 is 11.6 Å². The number of carbonyl (C=O) groups is 1. The van der Waals surface area contributed by atoms with Crippen molar-refractivity contribution in [2.24, 2.45) is 0 Å². The van der Waals surface area contributed by atoms with Crippen LogP contribution < -0.4 is 15.4 Å². The highest BCUT2D eigenvalue weighted by atomic mass is 35.5. The second-order valence-corrected chi connectivity index (χ2v) is 5.36. The predicted octanol–water partition coefficient (Wildman–Crippen LogP) is 3.99. The third kappa shape index (κ3) is 4.63. The van der Waals surface area contributed by atoms with Crippen molar-refractivity contribution in [2.75, 3.05) is 12.0 Å². The fourth-order valence-corrected chi connectivity index (χ4v) is 2.09. The van der Waals surface area contributed by atoms with E-state index in [1.807, 2.05) is 32.0 Å². The van der Waals surface area contributed by atoms with Crippen LogP contribution in [0, 0.1) is 25.2 Å². The van der Waals surface area contributed by atoms with Crippen molar-refractivity contribution < 1.29 is 9.53 Å². The van der Waals surface area contributed by atoms with Crippen LogP contribution in [0.5, 0.6) is 5.75 Å². The lowest BCUT2D eigenvalue weighted by atomic mass is 10.1. The summed E-state index contributed by atoms with van der Waals surface area (Å²) < 4.78 is 5.49. The molecule has 0 heterocycles. The minimum Gasteiger partial charge on any atom is -0.473 e. The summed E-state index contributed by atoms with van der Waals surface area (Å²) in [6, 6.07) is 11.8. The van der Waals surface area contributed by atoms with Crippen molar-refractivity contribution in [2.45, 2.75) is 13.8 Å². The number of urea groups is 1. The van der Waals surface area contributed by atoms with E-state index in [2.05, 4.69) is 10.6 Å². The number of benzene rings is 2. The van der Waals surface area contributed by atoms with Crippen LogP contribution in [0.2, 0.25) is 5.02 Å². The first-order valence-electron chi connectivity index (χ1n) is 6.94. The minimum atomic E-state index is -0.392. The minimum absolute atomic E-state index is 0.0304. The molecule has 2 N–H and O–H groups in total. The van der Waals surface area contributed by atoms with Crippen LogP contribution in [0.3, 0.4) is 0 Å². The maximum Gasteiger partial charge on any atom is 0.321 e. The number of aryl methyl sites for hydroxylation is 2. The van der Waals surface area contributed by atoms with E-state index in [-0.39, 0.29) is 6.73 Å². The molecular weight excluding hydrogens is 314 g/mol. The van der Waals surface area contributed by atoms with E-state index in [0.29, 0.717) is 22.0 Å². The van der Waals surface area contributed by atoms with Gasteiger partial charge < -0.3 is 15.4 Å². The van der Waals surface area contributed by atoms with Crippen LogP contribution in [0.15, 0.2) is 36.4 Å². The molecule has 2 amide bonds. The summed E-state index contributed by atoms with van der Waals surface area (Å²) in [5.74, 6) is 0.642. The second kappa shape index (κ2) is 7.52. The molecule has 0 aliphatic rings.